The molecule has 3 aromatic rings. The molecule has 2 aromatic heterocycles. The lowest BCUT2D eigenvalue weighted by atomic mass is 10.1. The predicted octanol–water partition coefficient (Wildman–Crippen LogP) is 2.37. The molecule has 0 spiro atoms. The van der Waals surface area contributed by atoms with Gasteiger partial charge in [-0.1, -0.05) is 0 Å². The van der Waals surface area contributed by atoms with Crippen LogP contribution in [-0.4, -0.2) is 47.4 Å². The summed E-state index contributed by atoms with van der Waals surface area (Å²) in [5.41, 5.74) is -0.522. The lowest BCUT2D eigenvalue weighted by Crippen LogP contribution is -2.29. The lowest BCUT2D eigenvalue weighted by molar-refractivity contribution is 0.0937. The largest absolute Gasteiger partial charge is 0.466 e. The van der Waals surface area contributed by atoms with Crippen LogP contribution in [0.4, 0.5) is 8.78 Å². The Balaban J connectivity index is 1.95. The molecule has 10 nitrogen and oxygen atoms in total. The summed E-state index contributed by atoms with van der Waals surface area (Å²) < 4.78 is 56.6. The Morgan fingerprint density at radius 2 is 2.00 bits per heavy atom. The molecule has 3 rings (SSSR count). The first-order valence-corrected chi connectivity index (χ1v) is 11.2. The Kier molecular flexibility index (Phi) is 6.68. The highest BCUT2D eigenvalue weighted by Crippen LogP contribution is 2.25. The van der Waals surface area contributed by atoms with E-state index in [1.165, 1.54) is 30.1 Å². The zero-order chi connectivity index (χ0) is 24.3. The predicted molar refractivity (Wildman–Crippen MR) is 111 cm³/mol. The van der Waals surface area contributed by atoms with Gasteiger partial charge in [-0.2, -0.15) is 14.9 Å². The molecule has 0 saturated heterocycles. The number of nitrogens with zero attached hydrogens (tertiary/aromatic N) is 5. The smallest absolute Gasteiger partial charge is 0.335 e. The van der Waals surface area contributed by atoms with Gasteiger partial charge in [0.2, 0.25) is 0 Å². The van der Waals surface area contributed by atoms with E-state index in [1.54, 1.807) is 6.92 Å². The number of nitriles is 1. The summed E-state index contributed by atoms with van der Waals surface area (Å²) in [6, 6.07) is 6.94. The third kappa shape index (κ3) is 5.29. The summed E-state index contributed by atoms with van der Waals surface area (Å²) >= 11 is 0. The number of rotatable bonds is 7. The van der Waals surface area contributed by atoms with Gasteiger partial charge in [-0.3, -0.25) is 4.79 Å². The number of halogens is 2. The number of alkyl halides is 2. The number of methoxy groups -OCH3 is 1. The molecule has 0 bridgehead atoms. The molecule has 1 N–H and O–H groups in total. The van der Waals surface area contributed by atoms with Crippen LogP contribution in [0.2, 0.25) is 0 Å². The molecule has 172 valence electrons. The number of amides is 1. The minimum absolute atomic E-state index is 0.0173. The molecule has 1 atom stereocenters. The number of ether oxygens (including phenoxy) is 1. The first-order chi connectivity index (χ1) is 15.5. The topological polar surface area (TPSA) is 140 Å². The van der Waals surface area contributed by atoms with E-state index in [4.69, 9.17) is 10.00 Å². The van der Waals surface area contributed by atoms with Crippen LogP contribution in [-0.2, 0) is 9.84 Å². The molecular formula is C20H18F2N6O4S. The van der Waals surface area contributed by atoms with Gasteiger partial charge in [0.1, 0.15) is 6.07 Å². The fourth-order valence-corrected chi connectivity index (χ4v) is 3.55. The number of carbonyl (C=O) groups excluding carboxylic acids is 1. The van der Waals surface area contributed by atoms with Crippen molar-refractivity contribution in [3.63, 3.8) is 0 Å². The second kappa shape index (κ2) is 9.29. The molecule has 0 saturated carbocycles. The second-order valence-electron chi connectivity index (χ2n) is 6.94. The van der Waals surface area contributed by atoms with E-state index in [2.05, 4.69) is 20.4 Å². The Morgan fingerprint density at radius 3 is 2.55 bits per heavy atom. The van der Waals surface area contributed by atoms with Gasteiger partial charge in [-0.25, -0.2) is 22.2 Å². The maximum atomic E-state index is 13.3. The highest BCUT2D eigenvalue weighted by Gasteiger charge is 2.23. The Bertz CT molecular complexity index is 1330. The number of hydrogen-bond donors (Lipinski definition) is 1. The van der Waals surface area contributed by atoms with E-state index >= 15 is 0 Å². The number of hydrogen-bond acceptors (Lipinski definition) is 8. The van der Waals surface area contributed by atoms with E-state index in [0.717, 1.165) is 24.5 Å². The van der Waals surface area contributed by atoms with Crippen LogP contribution >= 0.6 is 0 Å². The van der Waals surface area contributed by atoms with Gasteiger partial charge in [0.25, 0.3) is 12.3 Å². The van der Waals surface area contributed by atoms with Crippen LogP contribution < -0.4 is 10.1 Å². The molecule has 0 aliphatic heterocycles. The number of aromatic nitrogens is 4. The molecule has 13 heteroatoms. The molecule has 0 aliphatic carbocycles. The first-order valence-electron chi connectivity index (χ1n) is 9.35. The van der Waals surface area contributed by atoms with Crippen molar-refractivity contribution in [2.45, 2.75) is 24.3 Å². The quantitative estimate of drug-likeness (QED) is 0.548. The van der Waals surface area contributed by atoms with Crippen LogP contribution in [0.5, 0.6) is 6.01 Å². The van der Waals surface area contributed by atoms with Crippen LogP contribution in [0.3, 0.4) is 0 Å². The number of nitrogens with one attached hydrogen (secondary N) is 1. The fourth-order valence-electron chi connectivity index (χ4n) is 2.86. The van der Waals surface area contributed by atoms with Gasteiger partial charge in [-0.05, 0) is 37.3 Å². The van der Waals surface area contributed by atoms with E-state index in [-0.39, 0.29) is 17.4 Å². The summed E-state index contributed by atoms with van der Waals surface area (Å²) in [7, 11) is -2.48. The van der Waals surface area contributed by atoms with Gasteiger partial charge in [0.05, 0.1) is 23.6 Å². The maximum Gasteiger partial charge on any atom is 0.335 e. The van der Waals surface area contributed by atoms with Gasteiger partial charge in [-0.15, -0.1) is 5.10 Å². The Labute approximate surface area is 187 Å². The summed E-state index contributed by atoms with van der Waals surface area (Å²) in [5, 5.41) is 15.7. The molecule has 1 aromatic carbocycles. The highest BCUT2D eigenvalue weighted by molar-refractivity contribution is 7.90. The molecule has 1 amide bonds. The SMILES string of the molecule is COc1nc([C@H](C)NC(=O)c2cc(C(F)F)cc(S(C)(=O)=O)c2)n(-c2ccc(C#N)cn2)n1. The van der Waals surface area contributed by atoms with Crippen molar-refractivity contribution in [3.8, 4) is 17.9 Å². The number of carbonyl (C=O) groups is 1. The highest BCUT2D eigenvalue weighted by atomic mass is 32.2. The Hall–Kier alpha value is -3.92. The molecule has 0 radical (unpaired) electrons. The minimum Gasteiger partial charge on any atom is -0.466 e. The van der Waals surface area contributed by atoms with E-state index in [0.29, 0.717) is 11.4 Å². The maximum absolute atomic E-state index is 13.3. The minimum atomic E-state index is -3.83. The monoisotopic (exact) mass is 476 g/mol. The average molecular weight is 476 g/mol. The van der Waals surface area contributed by atoms with Crippen molar-refractivity contribution in [3.05, 3.63) is 59.0 Å². The van der Waals surface area contributed by atoms with Crippen LogP contribution in [0.15, 0.2) is 41.4 Å². The van der Waals surface area contributed by atoms with Crippen molar-refractivity contribution >= 4 is 15.7 Å². The molecular weight excluding hydrogens is 458 g/mol. The molecule has 2 heterocycles. The average Bonchev–Trinajstić information content (AvgIpc) is 3.23. The first kappa shape index (κ1) is 23.7. The van der Waals surface area contributed by atoms with Crippen molar-refractivity contribution in [1.29, 1.82) is 5.26 Å². The normalized spacial score (nSPS) is 12.3. The van der Waals surface area contributed by atoms with E-state index in [9.17, 15) is 22.0 Å². The molecule has 0 aliphatic rings. The van der Waals surface area contributed by atoms with Gasteiger partial charge < -0.3 is 10.1 Å². The summed E-state index contributed by atoms with van der Waals surface area (Å²) in [6.07, 6.45) is -0.772. The zero-order valence-electron chi connectivity index (χ0n) is 17.7. The number of sulfone groups is 1. The third-order valence-corrected chi connectivity index (χ3v) is 5.59. The number of pyridine rings is 1. The molecule has 0 unspecified atom stereocenters. The third-order valence-electron chi connectivity index (χ3n) is 4.50. The van der Waals surface area contributed by atoms with Crippen LogP contribution in [0, 0.1) is 11.3 Å². The van der Waals surface area contributed by atoms with Crippen molar-refractivity contribution in [1.82, 2.24) is 25.1 Å². The summed E-state index contributed by atoms with van der Waals surface area (Å²) in [6.45, 7) is 1.57. The van der Waals surface area contributed by atoms with Gasteiger partial charge >= 0.3 is 6.01 Å². The number of benzene rings is 1. The lowest BCUT2D eigenvalue weighted by Gasteiger charge is -2.15. The summed E-state index contributed by atoms with van der Waals surface area (Å²) in [5.74, 6) is -0.304. The zero-order valence-corrected chi connectivity index (χ0v) is 18.5. The van der Waals surface area contributed by atoms with Gasteiger partial charge in [0.15, 0.2) is 21.5 Å². The van der Waals surface area contributed by atoms with Crippen molar-refractivity contribution in [2.75, 3.05) is 13.4 Å². The fraction of sp³-hybridized carbons (Fsp3) is 0.250. The van der Waals surface area contributed by atoms with E-state index in [1.807, 2.05) is 6.07 Å². The van der Waals surface area contributed by atoms with Crippen LogP contribution in [0.1, 0.15) is 46.7 Å². The van der Waals surface area contributed by atoms with Crippen LogP contribution in [0.25, 0.3) is 5.82 Å². The van der Waals surface area contributed by atoms with Crippen molar-refractivity contribution < 1.29 is 26.7 Å². The molecule has 33 heavy (non-hydrogen) atoms. The van der Waals surface area contributed by atoms with E-state index < -0.39 is 38.7 Å². The molecule has 0 fully saturated rings. The Morgan fingerprint density at radius 1 is 1.27 bits per heavy atom. The summed E-state index contributed by atoms with van der Waals surface area (Å²) in [4.78, 5) is 20.7. The standard InChI is InChI=1S/C20H18F2N6O4S/c1-11(18-26-20(32-2)27-28(18)16-5-4-12(9-23)10-24-16)25-19(29)14-6-13(17(21)22)7-15(8-14)33(3,30)31/h4-8,10-11,17H,1-3H3,(H,25,29)/t11-/m0/s1. The van der Waals surface area contributed by atoms with Crippen molar-refractivity contribution in [2.24, 2.45) is 0 Å². The van der Waals surface area contributed by atoms with Gasteiger partial charge in [0, 0.05) is 23.6 Å². The second-order valence-corrected chi connectivity index (χ2v) is 8.96.